The lowest BCUT2D eigenvalue weighted by Gasteiger charge is -2.46. The van der Waals surface area contributed by atoms with Gasteiger partial charge < -0.3 is 14.8 Å². The van der Waals surface area contributed by atoms with Gasteiger partial charge in [0.05, 0.1) is 24.0 Å². The molecule has 1 aliphatic heterocycles. The topological polar surface area (TPSA) is 75.6 Å². The Labute approximate surface area is 122 Å². The van der Waals surface area contributed by atoms with Crippen LogP contribution < -0.4 is 5.32 Å². The van der Waals surface area contributed by atoms with E-state index < -0.39 is 20.2 Å². The van der Waals surface area contributed by atoms with Gasteiger partial charge in [-0.25, -0.2) is 0 Å². The molecule has 2 N–H and O–H groups in total. The maximum atomic E-state index is 11.8. The second-order valence-corrected chi connectivity index (χ2v) is 12.0. The minimum atomic E-state index is -1.96. The van der Waals surface area contributed by atoms with Gasteiger partial charge in [-0.1, -0.05) is 20.8 Å². The molecule has 0 spiro atoms. The molecule has 1 aliphatic rings. The molecule has 4 atom stereocenters. The standard InChI is InChI=1S/C14H27NO4Si/c1-8(13(17)18)11-10(12(16)15-11)9(2)19-20(6,7)14(3,4)5/h8-11H,1-7H3,(H,15,16)(H,17,18)/t8-,9?,10?,11?/m1/s1. The maximum Gasteiger partial charge on any atom is 0.308 e. The zero-order valence-corrected chi connectivity index (χ0v) is 14.5. The minimum absolute atomic E-state index is 0.0649. The van der Waals surface area contributed by atoms with E-state index in [0.717, 1.165) is 0 Å². The number of carbonyl (C=O) groups is 2. The molecule has 1 fully saturated rings. The van der Waals surface area contributed by atoms with E-state index >= 15 is 0 Å². The average Bonchev–Trinajstić information content (AvgIpc) is 2.21. The summed E-state index contributed by atoms with van der Waals surface area (Å²) in [7, 11) is -1.96. The van der Waals surface area contributed by atoms with Crippen LogP contribution in [-0.4, -0.2) is 37.4 Å². The summed E-state index contributed by atoms with van der Waals surface area (Å²) in [4.78, 5) is 22.8. The summed E-state index contributed by atoms with van der Waals surface area (Å²) in [6, 6.07) is -0.334. The Morgan fingerprint density at radius 1 is 1.35 bits per heavy atom. The lowest BCUT2D eigenvalue weighted by atomic mass is 9.79. The van der Waals surface area contributed by atoms with Crippen molar-refractivity contribution >= 4 is 20.2 Å². The number of nitrogens with one attached hydrogen (secondary N) is 1. The molecular weight excluding hydrogens is 274 g/mol. The van der Waals surface area contributed by atoms with Crippen LogP contribution in [0.3, 0.4) is 0 Å². The van der Waals surface area contributed by atoms with Crippen molar-refractivity contribution in [3.8, 4) is 0 Å². The van der Waals surface area contributed by atoms with Crippen molar-refractivity contribution < 1.29 is 19.1 Å². The van der Waals surface area contributed by atoms with E-state index in [1.54, 1.807) is 6.92 Å². The molecule has 20 heavy (non-hydrogen) atoms. The van der Waals surface area contributed by atoms with Crippen LogP contribution in [0.15, 0.2) is 0 Å². The van der Waals surface area contributed by atoms with Crippen LogP contribution in [0.25, 0.3) is 0 Å². The molecule has 3 unspecified atom stereocenters. The number of carboxylic acid groups (broad SMARTS) is 1. The zero-order chi connectivity index (χ0) is 15.9. The summed E-state index contributed by atoms with van der Waals surface area (Å²) < 4.78 is 6.22. The predicted molar refractivity (Wildman–Crippen MR) is 80.0 cm³/mol. The molecule has 5 nitrogen and oxygen atoms in total. The van der Waals surface area contributed by atoms with Crippen LogP contribution >= 0.6 is 0 Å². The fourth-order valence-electron chi connectivity index (χ4n) is 2.23. The van der Waals surface area contributed by atoms with Crippen molar-refractivity contribution in [2.75, 3.05) is 0 Å². The van der Waals surface area contributed by atoms with Gasteiger partial charge in [-0.15, -0.1) is 0 Å². The van der Waals surface area contributed by atoms with E-state index in [9.17, 15) is 9.59 Å². The molecule has 0 aromatic heterocycles. The smallest absolute Gasteiger partial charge is 0.308 e. The van der Waals surface area contributed by atoms with Gasteiger partial charge in [0.25, 0.3) is 0 Å². The monoisotopic (exact) mass is 301 g/mol. The number of hydrogen-bond acceptors (Lipinski definition) is 3. The van der Waals surface area contributed by atoms with Crippen molar-refractivity contribution in [1.29, 1.82) is 0 Å². The molecular formula is C14H27NO4Si. The summed E-state index contributed by atoms with van der Waals surface area (Å²) in [5.41, 5.74) is 0. The summed E-state index contributed by atoms with van der Waals surface area (Å²) in [6.07, 6.45) is -0.253. The highest BCUT2D eigenvalue weighted by Crippen LogP contribution is 2.39. The van der Waals surface area contributed by atoms with Gasteiger partial charge in [0, 0.05) is 0 Å². The number of aliphatic carboxylic acids is 1. The van der Waals surface area contributed by atoms with E-state index in [1.807, 2.05) is 6.92 Å². The van der Waals surface area contributed by atoms with Crippen molar-refractivity contribution in [3.63, 3.8) is 0 Å². The molecule has 1 saturated heterocycles. The first-order valence-electron chi connectivity index (χ1n) is 7.09. The summed E-state index contributed by atoms with van der Waals surface area (Å²) in [5.74, 6) is -1.95. The van der Waals surface area contributed by atoms with Gasteiger partial charge in [0.15, 0.2) is 8.32 Å². The largest absolute Gasteiger partial charge is 0.481 e. The van der Waals surface area contributed by atoms with E-state index in [2.05, 4.69) is 39.2 Å². The predicted octanol–water partition coefficient (Wildman–Crippen LogP) is 2.23. The van der Waals surface area contributed by atoms with E-state index in [0.29, 0.717) is 0 Å². The second kappa shape index (κ2) is 5.48. The lowest BCUT2D eigenvalue weighted by molar-refractivity contribution is -0.151. The first-order valence-corrected chi connectivity index (χ1v) is 10.0. The molecule has 1 amide bonds. The molecule has 0 bridgehead atoms. The fraction of sp³-hybridized carbons (Fsp3) is 0.857. The molecule has 0 aromatic rings. The van der Waals surface area contributed by atoms with Gasteiger partial charge in [0.1, 0.15) is 0 Å². The second-order valence-electron chi connectivity index (χ2n) is 7.27. The third-order valence-corrected chi connectivity index (χ3v) is 9.29. The van der Waals surface area contributed by atoms with Gasteiger partial charge in [-0.2, -0.15) is 0 Å². The molecule has 0 aliphatic carbocycles. The van der Waals surface area contributed by atoms with Crippen molar-refractivity contribution in [3.05, 3.63) is 0 Å². The van der Waals surface area contributed by atoms with Crippen molar-refractivity contribution in [2.45, 2.75) is 64.9 Å². The van der Waals surface area contributed by atoms with E-state index in [1.165, 1.54) is 0 Å². The average molecular weight is 301 g/mol. The van der Waals surface area contributed by atoms with Crippen LogP contribution in [-0.2, 0) is 14.0 Å². The Hall–Kier alpha value is -0.883. The number of hydrogen-bond donors (Lipinski definition) is 2. The van der Waals surface area contributed by atoms with Crippen LogP contribution in [0.2, 0.25) is 18.1 Å². The molecule has 1 rings (SSSR count). The maximum absolute atomic E-state index is 11.8. The fourth-order valence-corrected chi connectivity index (χ4v) is 3.66. The third kappa shape index (κ3) is 3.23. The van der Waals surface area contributed by atoms with Crippen LogP contribution in [0.4, 0.5) is 0 Å². The number of carbonyl (C=O) groups excluding carboxylic acids is 1. The minimum Gasteiger partial charge on any atom is -0.481 e. The Morgan fingerprint density at radius 3 is 2.20 bits per heavy atom. The highest BCUT2D eigenvalue weighted by molar-refractivity contribution is 6.74. The molecule has 0 aromatic carbocycles. The molecule has 6 heteroatoms. The molecule has 116 valence electrons. The Morgan fingerprint density at radius 2 is 1.85 bits per heavy atom. The van der Waals surface area contributed by atoms with Gasteiger partial charge in [0.2, 0.25) is 5.91 Å². The number of amides is 1. The molecule has 0 radical (unpaired) electrons. The highest BCUT2D eigenvalue weighted by Gasteiger charge is 2.50. The first-order chi connectivity index (χ1) is 8.88. The number of β-lactam (4-membered cyclic amide) rings is 1. The van der Waals surface area contributed by atoms with Crippen LogP contribution in [0.1, 0.15) is 34.6 Å². The number of rotatable bonds is 5. The normalized spacial score (nSPS) is 26.4. The SMILES string of the molecule is CC(O[Si](C)(C)C(C)(C)C)C1C(=O)NC1[C@@H](C)C(=O)O. The molecule has 1 heterocycles. The van der Waals surface area contributed by atoms with E-state index in [4.69, 9.17) is 9.53 Å². The van der Waals surface area contributed by atoms with Gasteiger partial charge >= 0.3 is 5.97 Å². The summed E-state index contributed by atoms with van der Waals surface area (Å²) >= 11 is 0. The number of carboxylic acids is 1. The molecule has 0 saturated carbocycles. The first kappa shape index (κ1) is 17.2. The Kier molecular flexibility index (Phi) is 4.71. The third-order valence-electron chi connectivity index (χ3n) is 4.72. The van der Waals surface area contributed by atoms with Crippen molar-refractivity contribution in [2.24, 2.45) is 11.8 Å². The van der Waals surface area contributed by atoms with Crippen LogP contribution in [0.5, 0.6) is 0 Å². The quantitative estimate of drug-likeness (QED) is 0.603. The van der Waals surface area contributed by atoms with E-state index in [-0.39, 0.29) is 29.0 Å². The Bertz CT molecular complexity index is 402. The van der Waals surface area contributed by atoms with Gasteiger partial charge in [-0.05, 0) is 32.0 Å². The summed E-state index contributed by atoms with van der Waals surface area (Å²) in [6.45, 7) is 14.2. The summed E-state index contributed by atoms with van der Waals surface area (Å²) in [5, 5.41) is 11.8. The van der Waals surface area contributed by atoms with Gasteiger partial charge in [-0.3, -0.25) is 9.59 Å². The highest BCUT2D eigenvalue weighted by atomic mass is 28.4. The lowest BCUT2D eigenvalue weighted by Crippen LogP contribution is -2.66. The van der Waals surface area contributed by atoms with Crippen molar-refractivity contribution in [1.82, 2.24) is 5.32 Å². The van der Waals surface area contributed by atoms with Crippen LogP contribution in [0, 0.1) is 11.8 Å². The Balaban J connectivity index is 2.78. The zero-order valence-electron chi connectivity index (χ0n) is 13.5.